The van der Waals surface area contributed by atoms with Crippen LogP contribution in [0, 0.1) is 17.8 Å². The first-order chi connectivity index (χ1) is 9.15. The van der Waals surface area contributed by atoms with Gasteiger partial charge in [0.25, 0.3) is 0 Å². The van der Waals surface area contributed by atoms with E-state index in [-0.39, 0.29) is 11.6 Å². The molecule has 1 aliphatic rings. The second-order valence-corrected chi connectivity index (χ2v) is 5.06. The van der Waals surface area contributed by atoms with Crippen LogP contribution in [0.1, 0.15) is 44.9 Å². The fourth-order valence-corrected chi connectivity index (χ4v) is 2.53. The molecule has 1 N–H and O–H groups in total. The topological polar surface area (TPSA) is 42.0 Å². The highest BCUT2D eigenvalue weighted by atomic mass is 19.1. The Morgan fingerprint density at radius 2 is 2.00 bits per heavy atom. The molecule has 1 aromatic heterocycles. The van der Waals surface area contributed by atoms with Crippen LogP contribution in [0.3, 0.4) is 0 Å². The van der Waals surface area contributed by atoms with Crippen LogP contribution in [0.2, 0.25) is 0 Å². The third kappa shape index (κ3) is 4.26. The maximum Gasteiger partial charge on any atom is 0.239 e. The van der Waals surface area contributed by atoms with E-state index in [4.69, 9.17) is 0 Å². The van der Waals surface area contributed by atoms with E-state index in [1.807, 2.05) is 0 Å². The molecule has 0 saturated heterocycles. The summed E-state index contributed by atoms with van der Waals surface area (Å²) in [6.07, 6.45) is 7.34. The van der Waals surface area contributed by atoms with E-state index in [1.54, 1.807) is 0 Å². The summed E-state index contributed by atoms with van der Waals surface area (Å²) in [6.45, 7) is 0. The van der Waals surface area contributed by atoms with Crippen LogP contribution >= 0.6 is 0 Å². The van der Waals surface area contributed by atoms with Crippen molar-refractivity contribution in [3.05, 3.63) is 24.0 Å². The number of rotatable bonds is 4. The maximum atomic E-state index is 13.2. The molecule has 1 fully saturated rings. The van der Waals surface area contributed by atoms with Gasteiger partial charge in [0, 0.05) is 6.42 Å². The van der Waals surface area contributed by atoms with E-state index in [2.05, 4.69) is 10.3 Å². The van der Waals surface area contributed by atoms with Crippen LogP contribution in [0.15, 0.2) is 12.1 Å². The molecule has 19 heavy (non-hydrogen) atoms. The van der Waals surface area contributed by atoms with Crippen molar-refractivity contribution in [3.63, 3.8) is 0 Å². The SMILES string of the molecule is O=C(CCC1CCCCC1)Nc1ccc(F)nc1F. The Morgan fingerprint density at radius 1 is 1.26 bits per heavy atom. The fraction of sp³-hybridized carbons (Fsp3) is 0.571. The lowest BCUT2D eigenvalue weighted by Gasteiger charge is -2.20. The quantitative estimate of drug-likeness (QED) is 0.847. The van der Waals surface area contributed by atoms with Gasteiger partial charge in [-0.1, -0.05) is 32.1 Å². The lowest BCUT2D eigenvalue weighted by molar-refractivity contribution is -0.116. The smallest absolute Gasteiger partial charge is 0.239 e. The average Bonchev–Trinajstić information content (AvgIpc) is 2.41. The number of amides is 1. The normalized spacial score (nSPS) is 16.3. The van der Waals surface area contributed by atoms with Gasteiger partial charge < -0.3 is 5.32 Å². The van der Waals surface area contributed by atoms with Crippen LogP contribution in [0.25, 0.3) is 0 Å². The van der Waals surface area contributed by atoms with E-state index in [1.165, 1.54) is 38.2 Å². The summed E-state index contributed by atoms with van der Waals surface area (Å²) in [7, 11) is 0. The molecule has 0 atom stereocenters. The van der Waals surface area contributed by atoms with Gasteiger partial charge in [-0.2, -0.15) is 13.8 Å². The average molecular weight is 268 g/mol. The second kappa shape index (κ2) is 6.59. The third-order valence-electron chi connectivity index (χ3n) is 3.59. The van der Waals surface area contributed by atoms with Gasteiger partial charge in [-0.3, -0.25) is 4.79 Å². The summed E-state index contributed by atoms with van der Waals surface area (Å²) >= 11 is 0. The molecule has 5 heteroatoms. The Balaban J connectivity index is 1.80. The van der Waals surface area contributed by atoms with Gasteiger partial charge in [-0.05, 0) is 24.5 Å². The van der Waals surface area contributed by atoms with Gasteiger partial charge in [0.1, 0.15) is 0 Å². The summed E-state index contributed by atoms with van der Waals surface area (Å²) in [6, 6.07) is 2.22. The number of hydrogen-bond acceptors (Lipinski definition) is 2. The van der Waals surface area contributed by atoms with Gasteiger partial charge in [-0.25, -0.2) is 0 Å². The lowest BCUT2D eigenvalue weighted by atomic mass is 9.86. The molecule has 0 unspecified atom stereocenters. The number of nitrogens with one attached hydrogen (secondary N) is 1. The van der Waals surface area contributed by atoms with Crippen molar-refractivity contribution in [1.29, 1.82) is 0 Å². The summed E-state index contributed by atoms with van der Waals surface area (Å²) in [4.78, 5) is 14.7. The molecule has 1 heterocycles. The monoisotopic (exact) mass is 268 g/mol. The van der Waals surface area contributed by atoms with Gasteiger partial charge in [0.2, 0.25) is 17.8 Å². The van der Waals surface area contributed by atoms with Gasteiger partial charge >= 0.3 is 0 Å². The van der Waals surface area contributed by atoms with Crippen LogP contribution in [0.5, 0.6) is 0 Å². The molecule has 0 bridgehead atoms. The van der Waals surface area contributed by atoms with Gasteiger partial charge in [-0.15, -0.1) is 0 Å². The Morgan fingerprint density at radius 3 is 2.68 bits per heavy atom. The number of anilines is 1. The standard InChI is InChI=1S/C14H18F2N2O/c15-12-8-7-11(14(16)18-12)17-13(19)9-6-10-4-2-1-3-5-10/h7-8,10H,1-6,9H2,(H,17,19). The van der Waals surface area contributed by atoms with Crippen molar-refractivity contribution in [2.75, 3.05) is 5.32 Å². The molecule has 104 valence electrons. The van der Waals surface area contributed by atoms with Crippen molar-refractivity contribution in [2.24, 2.45) is 5.92 Å². The molecule has 1 amide bonds. The van der Waals surface area contributed by atoms with Crippen LogP contribution in [-0.4, -0.2) is 10.9 Å². The zero-order chi connectivity index (χ0) is 13.7. The predicted octanol–water partition coefficient (Wildman–Crippen LogP) is 3.66. The first-order valence-corrected chi connectivity index (χ1v) is 6.77. The third-order valence-corrected chi connectivity index (χ3v) is 3.59. The molecule has 1 aliphatic carbocycles. The molecule has 1 aromatic rings. The Labute approximate surface area is 111 Å². The summed E-state index contributed by atoms with van der Waals surface area (Å²) < 4.78 is 25.9. The highest BCUT2D eigenvalue weighted by Crippen LogP contribution is 2.27. The fourth-order valence-electron chi connectivity index (χ4n) is 2.53. The lowest BCUT2D eigenvalue weighted by Crippen LogP contribution is -2.16. The van der Waals surface area contributed by atoms with E-state index < -0.39 is 11.9 Å². The van der Waals surface area contributed by atoms with Crippen molar-refractivity contribution in [1.82, 2.24) is 4.98 Å². The number of carbonyl (C=O) groups is 1. The number of aromatic nitrogens is 1. The van der Waals surface area contributed by atoms with Crippen molar-refractivity contribution in [2.45, 2.75) is 44.9 Å². The first-order valence-electron chi connectivity index (χ1n) is 6.77. The van der Waals surface area contributed by atoms with Crippen LogP contribution < -0.4 is 5.32 Å². The van der Waals surface area contributed by atoms with Gasteiger partial charge in [0.15, 0.2) is 0 Å². The molecular formula is C14H18F2N2O. The van der Waals surface area contributed by atoms with E-state index in [0.717, 1.165) is 12.5 Å². The summed E-state index contributed by atoms with van der Waals surface area (Å²) in [5.74, 6) is -1.50. The van der Waals surface area contributed by atoms with Crippen molar-refractivity contribution >= 4 is 11.6 Å². The number of nitrogens with zero attached hydrogens (tertiary/aromatic N) is 1. The van der Waals surface area contributed by atoms with E-state index >= 15 is 0 Å². The van der Waals surface area contributed by atoms with Crippen LogP contribution in [-0.2, 0) is 4.79 Å². The Kier molecular flexibility index (Phi) is 4.82. The summed E-state index contributed by atoms with van der Waals surface area (Å²) in [5, 5.41) is 2.43. The Bertz CT molecular complexity index is 445. The first kappa shape index (κ1) is 13.9. The molecule has 3 nitrogen and oxygen atoms in total. The Hall–Kier alpha value is -1.52. The molecule has 0 radical (unpaired) electrons. The number of pyridine rings is 1. The number of carbonyl (C=O) groups excluding carboxylic acids is 1. The minimum absolute atomic E-state index is 0.0601. The number of halogens is 2. The molecule has 2 rings (SSSR count). The minimum atomic E-state index is -0.981. The van der Waals surface area contributed by atoms with E-state index in [9.17, 15) is 13.6 Å². The van der Waals surface area contributed by atoms with Crippen molar-refractivity contribution in [3.8, 4) is 0 Å². The largest absolute Gasteiger partial charge is 0.322 e. The molecule has 0 spiro atoms. The second-order valence-electron chi connectivity index (χ2n) is 5.06. The highest BCUT2D eigenvalue weighted by Gasteiger charge is 2.15. The number of hydrogen-bond donors (Lipinski definition) is 1. The van der Waals surface area contributed by atoms with Crippen LogP contribution in [0.4, 0.5) is 14.5 Å². The van der Waals surface area contributed by atoms with Crippen molar-refractivity contribution < 1.29 is 13.6 Å². The molecule has 1 saturated carbocycles. The molecule has 0 aliphatic heterocycles. The molecule has 0 aromatic carbocycles. The summed E-state index contributed by atoms with van der Waals surface area (Å²) in [5.41, 5.74) is -0.0601. The minimum Gasteiger partial charge on any atom is -0.322 e. The van der Waals surface area contributed by atoms with Gasteiger partial charge in [0.05, 0.1) is 5.69 Å². The zero-order valence-corrected chi connectivity index (χ0v) is 10.8. The predicted molar refractivity (Wildman–Crippen MR) is 68.6 cm³/mol. The van der Waals surface area contributed by atoms with E-state index in [0.29, 0.717) is 12.3 Å². The maximum absolute atomic E-state index is 13.2. The highest BCUT2D eigenvalue weighted by molar-refractivity contribution is 5.90. The molecular weight excluding hydrogens is 250 g/mol. The zero-order valence-electron chi connectivity index (χ0n) is 10.8.